The highest BCUT2D eigenvalue weighted by Crippen LogP contribution is 2.40. The van der Waals surface area contributed by atoms with Crippen LogP contribution in [0.15, 0.2) is 47.4 Å². The van der Waals surface area contributed by atoms with E-state index in [4.69, 9.17) is 9.47 Å². The molecule has 2 aromatic rings. The van der Waals surface area contributed by atoms with Gasteiger partial charge in [0.15, 0.2) is 0 Å². The number of methoxy groups -OCH3 is 1. The Labute approximate surface area is 215 Å². The van der Waals surface area contributed by atoms with Gasteiger partial charge in [-0.1, -0.05) is 29.8 Å². The van der Waals surface area contributed by atoms with E-state index in [0.717, 1.165) is 49.0 Å². The lowest BCUT2D eigenvalue weighted by atomic mass is 9.77. The zero-order valence-corrected chi connectivity index (χ0v) is 22.8. The van der Waals surface area contributed by atoms with E-state index in [9.17, 15) is 17.8 Å². The molecule has 0 saturated heterocycles. The Bertz CT molecular complexity index is 1130. The molecule has 2 aromatic carbocycles. The van der Waals surface area contributed by atoms with E-state index in [1.165, 1.54) is 6.07 Å². The van der Waals surface area contributed by atoms with Crippen molar-refractivity contribution in [2.45, 2.75) is 82.8 Å². The summed E-state index contributed by atoms with van der Waals surface area (Å²) in [7, 11) is -2.64. The predicted octanol–water partition coefficient (Wildman–Crippen LogP) is 6.35. The fourth-order valence-electron chi connectivity index (χ4n) is 4.84. The van der Waals surface area contributed by atoms with Crippen molar-refractivity contribution in [3.63, 3.8) is 0 Å². The maximum absolute atomic E-state index is 13.0. The molecule has 36 heavy (non-hydrogen) atoms. The standard InChI is InChI=1S/C28H39NO6S/c1-20-6-15-26(36(31,32)33)25(18-20)23-11-7-21(8-12-23)16-17-29(27(30)35-28(2,3)4)19-22-9-13-24(34-5)14-10-22/h6,9-10,13-15,18,21,23H,7-8,11-12,16-17,19H2,1-5H3,(H,31,32,33). The minimum Gasteiger partial charge on any atom is -0.497 e. The average Bonchev–Trinajstić information content (AvgIpc) is 2.80. The summed E-state index contributed by atoms with van der Waals surface area (Å²) >= 11 is 0. The molecular weight excluding hydrogens is 478 g/mol. The molecule has 1 N–H and O–H groups in total. The Kier molecular flexibility index (Phi) is 9.06. The molecule has 0 aromatic heterocycles. The normalized spacial score (nSPS) is 18.5. The molecular formula is C28H39NO6S. The first-order valence-corrected chi connectivity index (χ1v) is 14.0. The fraction of sp³-hybridized carbons (Fsp3) is 0.536. The molecule has 1 aliphatic rings. The summed E-state index contributed by atoms with van der Waals surface area (Å²) in [6.07, 6.45) is 4.09. The molecule has 1 fully saturated rings. The Morgan fingerprint density at radius 1 is 1.06 bits per heavy atom. The van der Waals surface area contributed by atoms with Crippen LogP contribution in [0.25, 0.3) is 0 Å². The highest BCUT2D eigenvalue weighted by atomic mass is 32.2. The van der Waals surface area contributed by atoms with Gasteiger partial charge in [-0.05, 0) is 101 Å². The highest BCUT2D eigenvalue weighted by molar-refractivity contribution is 7.85. The Balaban J connectivity index is 1.64. The summed E-state index contributed by atoms with van der Waals surface area (Å²) in [5.41, 5.74) is 2.12. The third kappa shape index (κ3) is 7.96. The van der Waals surface area contributed by atoms with Crippen molar-refractivity contribution >= 4 is 16.2 Å². The van der Waals surface area contributed by atoms with Gasteiger partial charge < -0.3 is 14.4 Å². The van der Waals surface area contributed by atoms with Crippen molar-refractivity contribution in [1.29, 1.82) is 0 Å². The summed E-state index contributed by atoms with van der Waals surface area (Å²) in [6.45, 7) is 8.56. The van der Waals surface area contributed by atoms with Crippen LogP contribution >= 0.6 is 0 Å². The monoisotopic (exact) mass is 517 g/mol. The number of carbonyl (C=O) groups is 1. The largest absolute Gasteiger partial charge is 0.497 e. The van der Waals surface area contributed by atoms with E-state index in [1.54, 1.807) is 18.1 Å². The minimum atomic E-state index is -4.26. The minimum absolute atomic E-state index is 0.0205. The Hall–Kier alpha value is -2.58. The summed E-state index contributed by atoms with van der Waals surface area (Å²) in [4.78, 5) is 14.7. The van der Waals surface area contributed by atoms with E-state index < -0.39 is 15.7 Å². The van der Waals surface area contributed by atoms with Crippen molar-refractivity contribution in [1.82, 2.24) is 4.90 Å². The molecule has 0 heterocycles. The molecule has 3 rings (SSSR count). The summed E-state index contributed by atoms with van der Waals surface area (Å²) in [6, 6.07) is 12.8. The van der Waals surface area contributed by atoms with Gasteiger partial charge in [-0.2, -0.15) is 8.42 Å². The first-order chi connectivity index (χ1) is 16.9. The fourth-order valence-corrected chi connectivity index (χ4v) is 5.60. The van der Waals surface area contributed by atoms with Crippen LogP contribution in [0.1, 0.15) is 75.5 Å². The number of nitrogens with zero attached hydrogens (tertiary/aromatic N) is 1. The second-order valence-corrected chi connectivity index (χ2v) is 12.2. The number of amides is 1. The third-order valence-corrected chi connectivity index (χ3v) is 7.65. The van der Waals surface area contributed by atoms with Gasteiger partial charge in [0.1, 0.15) is 11.4 Å². The van der Waals surface area contributed by atoms with Crippen LogP contribution < -0.4 is 4.74 Å². The van der Waals surface area contributed by atoms with E-state index >= 15 is 0 Å². The second-order valence-electron chi connectivity index (χ2n) is 10.8. The average molecular weight is 518 g/mol. The molecule has 8 heteroatoms. The number of benzene rings is 2. The van der Waals surface area contributed by atoms with Crippen molar-refractivity contribution in [2.75, 3.05) is 13.7 Å². The SMILES string of the molecule is COc1ccc(CN(CCC2CCC(c3cc(C)ccc3S(=O)(=O)O)CC2)C(=O)OC(C)(C)C)cc1. The highest BCUT2D eigenvalue weighted by Gasteiger charge is 2.29. The van der Waals surface area contributed by atoms with Crippen molar-refractivity contribution in [3.05, 3.63) is 59.2 Å². The molecule has 0 radical (unpaired) electrons. The van der Waals surface area contributed by atoms with Crippen LogP contribution in [0.2, 0.25) is 0 Å². The summed E-state index contributed by atoms with van der Waals surface area (Å²) in [5, 5.41) is 0. The van der Waals surface area contributed by atoms with Crippen LogP contribution in [0.4, 0.5) is 4.79 Å². The lowest BCUT2D eigenvalue weighted by molar-refractivity contribution is 0.0219. The maximum Gasteiger partial charge on any atom is 0.410 e. The van der Waals surface area contributed by atoms with Crippen LogP contribution in [0.3, 0.4) is 0 Å². The molecule has 7 nitrogen and oxygen atoms in total. The van der Waals surface area contributed by atoms with Crippen molar-refractivity contribution in [2.24, 2.45) is 5.92 Å². The van der Waals surface area contributed by atoms with Gasteiger partial charge in [0.25, 0.3) is 10.1 Å². The number of hydrogen-bond donors (Lipinski definition) is 1. The van der Waals surface area contributed by atoms with Gasteiger partial charge in [-0.3, -0.25) is 4.55 Å². The maximum atomic E-state index is 13.0. The zero-order chi connectivity index (χ0) is 26.5. The van der Waals surface area contributed by atoms with Gasteiger partial charge in [0, 0.05) is 13.1 Å². The van der Waals surface area contributed by atoms with Crippen LogP contribution in [-0.4, -0.2) is 43.2 Å². The Morgan fingerprint density at radius 3 is 2.25 bits per heavy atom. The summed E-state index contributed by atoms with van der Waals surface area (Å²) in [5.74, 6) is 1.30. The first-order valence-electron chi connectivity index (χ1n) is 12.5. The van der Waals surface area contributed by atoms with Crippen LogP contribution in [0, 0.1) is 12.8 Å². The Morgan fingerprint density at radius 2 is 1.69 bits per heavy atom. The van der Waals surface area contributed by atoms with E-state index in [0.29, 0.717) is 24.6 Å². The van der Waals surface area contributed by atoms with E-state index in [-0.39, 0.29) is 16.9 Å². The first kappa shape index (κ1) is 28.0. The van der Waals surface area contributed by atoms with E-state index in [1.807, 2.05) is 58.0 Å². The molecule has 0 spiro atoms. The topological polar surface area (TPSA) is 93.1 Å². The quantitative estimate of drug-likeness (QED) is 0.410. The number of carbonyl (C=O) groups excluding carboxylic acids is 1. The molecule has 0 bridgehead atoms. The van der Waals surface area contributed by atoms with E-state index in [2.05, 4.69) is 0 Å². The number of hydrogen-bond acceptors (Lipinski definition) is 5. The molecule has 0 unspecified atom stereocenters. The molecule has 1 aliphatic carbocycles. The molecule has 198 valence electrons. The van der Waals surface area contributed by atoms with Crippen LogP contribution in [-0.2, 0) is 21.4 Å². The second kappa shape index (κ2) is 11.6. The van der Waals surface area contributed by atoms with Gasteiger partial charge in [0.2, 0.25) is 0 Å². The zero-order valence-electron chi connectivity index (χ0n) is 22.0. The predicted molar refractivity (Wildman–Crippen MR) is 140 cm³/mol. The molecule has 1 saturated carbocycles. The number of aryl methyl sites for hydroxylation is 1. The lowest BCUT2D eigenvalue weighted by Crippen LogP contribution is -2.37. The van der Waals surface area contributed by atoms with Gasteiger partial charge in [-0.15, -0.1) is 0 Å². The smallest absolute Gasteiger partial charge is 0.410 e. The van der Waals surface area contributed by atoms with Gasteiger partial charge in [0.05, 0.1) is 12.0 Å². The van der Waals surface area contributed by atoms with Crippen molar-refractivity contribution < 1.29 is 27.2 Å². The third-order valence-electron chi connectivity index (χ3n) is 6.72. The number of ether oxygens (including phenoxy) is 2. The number of rotatable bonds is 8. The van der Waals surface area contributed by atoms with Crippen LogP contribution in [0.5, 0.6) is 5.75 Å². The molecule has 0 atom stereocenters. The molecule has 0 aliphatic heterocycles. The molecule has 1 amide bonds. The van der Waals surface area contributed by atoms with Gasteiger partial charge >= 0.3 is 6.09 Å². The van der Waals surface area contributed by atoms with Gasteiger partial charge in [-0.25, -0.2) is 4.79 Å². The lowest BCUT2D eigenvalue weighted by Gasteiger charge is -2.32. The summed E-state index contributed by atoms with van der Waals surface area (Å²) < 4.78 is 44.4. The van der Waals surface area contributed by atoms with Crippen molar-refractivity contribution in [3.8, 4) is 5.75 Å².